The third-order valence-corrected chi connectivity index (χ3v) is 4.85. The maximum Gasteiger partial charge on any atom is 1.00 e. The maximum atomic E-state index is 6.37. The summed E-state index contributed by atoms with van der Waals surface area (Å²) in [5.41, 5.74) is 1.71. The molecule has 0 aliphatic carbocycles. The molecule has 1 aromatic heterocycles. The zero-order valence-electron chi connectivity index (χ0n) is 15.0. The molecule has 1 heterocycles. The predicted molar refractivity (Wildman–Crippen MR) is 104 cm³/mol. The molecule has 0 saturated carbocycles. The molecule has 0 aliphatic heterocycles. The zero-order valence-corrected chi connectivity index (χ0v) is 19.0. The van der Waals surface area contributed by atoms with Crippen LogP contribution < -0.4 is 29.6 Å². The molecule has 1 atom stereocenters. The molecule has 0 spiro atoms. The van der Waals surface area contributed by atoms with Crippen molar-refractivity contribution in [1.82, 2.24) is 9.55 Å². The second-order valence-corrected chi connectivity index (χ2v) is 7.15. The summed E-state index contributed by atoms with van der Waals surface area (Å²) in [4.78, 5) is 4.07. The van der Waals surface area contributed by atoms with E-state index in [0.29, 0.717) is 33.2 Å². The molecule has 132 valence electrons. The fraction of sp³-hybridized carbons (Fsp3) is 0.167. The average molecular weight is 440 g/mol. The van der Waals surface area contributed by atoms with E-state index in [1.165, 1.54) is 0 Å². The van der Waals surface area contributed by atoms with Crippen molar-refractivity contribution in [1.29, 1.82) is 0 Å². The van der Waals surface area contributed by atoms with Crippen LogP contribution in [0.3, 0.4) is 0 Å². The molecule has 8 heteroatoms. The number of halogens is 4. The Kier molecular flexibility index (Phi) is 8.78. The van der Waals surface area contributed by atoms with Crippen LogP contribution in [-0.2, 0) is 17.9 Å². The van der Waals surface area contributed by atoms with Crippen molar-refractivity contribution in [2.45, 2.75) is 19.3 Å². The topological polar surface area (TPSA) is 27.1 Å². The van der Waals surface area contributed by atoms with E-state index in [2.05, 4.69) is 4.98 Å². The van der Waals surface area contributed by atoms with Gasteiger partial charge in [-0.2, -0.15) is 0 Å². The number of hydrogen-bond donors (Lipinski definition) is 0. The van der Waals surface area contributed by atoms with Gasteiger partial charge in [0.25, 0.3) is 0 Å². The number of ether oxygens (including phenoxy) is 1. The Morgan fingerprint density at radius 1 is 1.00 bits per heavy atom. The molecule has 0 amide bonds. The number of hydrogen-bond acceptors (Lipinski definition) is 2. The molecule has 3 aromatic rings. The van der Waals surface area contributed by atoms with E-state index in [1.54, 1.807) is 36.8 Å². The largest absolute Gasteiger partial charge is 1.00 e. The minimum Gasteiger partial charge on any atom is -1.00 e. The van der Waals surface area contributed by atoms with E-state index >= 15 is 0 Å². The van der Waals surface area contributed by atoms with Gasteiger partial charge in [-0.25, -0.2) is 4.98 Å². The molecule has 2 aromatic carbocycles. The molecule has 3 rings (SSSR count). The summed E-state index contributed by atoms with van der Waals surface area (Å²) < 4.78 is 8.05. The minimum atomic E-state index is -0.286. The van der Waals surface area contributed by atoms with Gasteiger partial charge in [-0.15, -0.1) is 0 Å². The molecule has 0 unspecified atom stereocenters. The minimum absolute atomic E-state index is 0. The molecular formula is C18H15Cl4N2NaO. The molecule has 0 saturated heterocycles. The zero-order chi connectivity index (χ0) is 17.8. The Balaban J connectivity index is 0.00000182. The second kappa shape index (κ2) is 10.4. The van der Waals surface area contributed by atoms with Crippen LogP contribution in [0.1, 0.15) is 18.7 Å². The van der Waals surface area contributed by atoms with Crippen molar-refractivity contribution < 1.29 is 35.7 Å². The van der Waals surface area contributed by atoms with Crippen molar-refractivity contribution in [3.63, 3.8) is 0 Å². The van der Waals surface area contributed by atoms with Gasteiger partial charge in [0.05, 0.1) is 19.5 Å². The Bertz CT molecular complexity index is 865. The van der Waals surface area contributed by atoms with Crippen molar-refractivity contribution in [2.24, 2.45) is 0 Å². The fourth-order valence-corrected chi connectivity index (χ4v) is 3.41. The molecule has 0 N–H and O–H groups in total. The summed E-state index contributed by atoms with van der Waals surface area (Å²) in [6.07, 6.45) is 5.03. The van der Waals surface area contributed by atoms with E-state index in [9.17, 15) is 0 Å². The normalized spacial score (nSPS) is 11.8. The number of aromatic nitrogens is 2. The van der Waals surface area contributed by atoms with E-state index in [4.69, 9.17) is 51.1 Å². The van der Waals surface area contributed by atoms with Gasteiger partial charge in [0, 0.05) is 38.0 Å². The number of nitrogens with zero attached hydrogens (tertiary/aromatic N) is 2. The standard InChI is InChI=1S/C18H14Cl4N2O.Na.H/c19-13-2-1-12(16(21)7-13)10-25-18(9-24-6-5-23-11-24)15-4-3-14(20)8-17(15)22;;/h1-8,11,18H,9-10H2;;/q;+1;-1/t18-;;/m0../s1. The molecule has 0 fully saturated rings. The van der Waals surface area contributed by atoms with Gasteiger partial charge in [-0.05, 0) is 29.8 Å². The van der Waals surface area contributed by atoms with E-state index in [0.717, 1.165) is 11.1 Å². The fourth-order valence-electron chi connectivity index (χ4n) is 2.42. The first-order valence-corrected chi connectivity index (χ1v) is 9.00. The van der Waals surface area contributed by atoms with Crippen LogP contribution in [0.2, 0.25) is 20.1 Å². The Morgan fingerprint density at radius 2 is 1.69 bits per heavy atom. The van der Waals surface area contributed by atoms with Crippen LogP contribution in [0.4, 0.5) is 0 Å². The van der Waals surface area contributed by atoms with Gasteiger partial charge in [-0.3, -0.25) is 0 Å². The van der Waals surface area contributed by atoms with Gasteiger partial charge in [0.1, 0.15) is 6.10 Å². The summed E-state index contributed by atoms with van der Waals surface area (Å²) in [5.74, 6) is 0. The maximum absolute atomic E-state index is 6.37. The van der Waals surface area contributed by atoms with Crippen LogP contribution in [0, 0.1) is 0 Å². The first-order chi connectivity index (χ1) is 12.0. The number of benzene rings is 2. The molecule has 3 nitrogen and oxygen atoms in total. The Labute approximate surface area is 196 Å². The SMILES string of the molecule is Clc1ccc(CO[C@@H](Cn2ccnc2)c2ccc(Cl)cc2Cl)c(Cl)c1.[H-].[Na+]. The van der Waals surface area contributed by atoms with Gasteiger partial charge in [0.2, 0.25) is 0 Å². The van der Waals surface area contributed by atoms with Crippen LogP contribution >= 0.6 is 46.4 Å². The first-order valence-electron chi connectivity index (χ1n) is 7.49. The Morgan fingerprint density at radius 3 is 2.31 bits per heavy atom. The third-order valence-electron chi connectivity index (χ3n) is 3.70. The van der Waals surface area contributed by atoms with E-state index < -0.39 is 0 Å². The Hall–Kier alpha value is -0.230. The molecule has 0 aliphatic rings. The number of imidazole rings is 1. The van der Waals surface area contributed by atoms with Crippen molar-refractivity contribution >= 4 is 46.4 Å². The van der Waals surface area contributed by atoms with Crippen molar-refractivity contribution in [3.05, 3.63) is 86.3 Å². The average Bonchev–Trinajstić information content (AvgIpc) is 3.06. The molecule has 26 heavy (non-hydrogen) atoms. The molecule has 0 bridgehead atoms. The van der Waals surface area contributed by atoms with Crippen molar-refractivity contribution in [3.8, 4) is 0 Å². The van der Waals surface area contributed by atoms with Crippen LogP contribution in [-0.4, -0.2) is 9.55 Å². The number of rotatable bonds is 6. The third kappa shape index (κ3) is 5.88. The monoisotopic (exact) mass is 438 g/mol. The second-order valence-electron chi connectivity index (χ2n) is 5.46. The summed E-state index contributed by atoms with van der Waals surface area (Å²) in [6.45, 7) is 0.890. The van der Waals surface area contributed by atoms with Gasteiger partial charge >= 0.3 is 29.6 Å². The summed E-state index contributed by atoms with van der Waals surface area (Å²) >= 11 is 24.5. The van der Waals surface area contributed by atoms with Gasteiger partial charge in [0.15, 0.2) is 0 Å². The first kappa shape index (κ1) is 22.1. The molecule has 0 radical (unpaired) electrons. The molecular weight excluding hydrogens is 425 g/mol. The summed E-state index contributed by atoms with van der Waals surface area (Å²) in [6, 6.07) is 10.7. The summed E-state index contributed by atoms with van der Waals surface area (Å²) in [7, 11) is 0. The van der Waals surface area contributed by atoms with Crippen LogP contribution in [0.25, 0.3) is 0 Å². The van der Waals surface area contributed by atoms with Gasteiger partial charge < -0.3 is 10.7 Å². The van der Waals surface area contributed by atoms with E-state index in [-0.39, 0.29) is 37.1 Å². The van der Waals surface area contributed by atoms with Gasteiger partial charge in [-0.1, -0.05) is 58.5 Å². The van der Waals surface area contributed by atoms with E-state index in [1.807, 2.05) is 22.9 Å². The predicted octanol–water partition coefficient (Wildman–Crippen LogP) is 3.57. The summed E-state index contributed by atoms with van der Waals surface area (Å²) in [5, 5.41) is 2.29. The van der Waals surface area contributed by atoms with Crippen molar-refractivity contribution in [2.75, 3.05) is 0 Å². The quantitative estimate of drug-likeness (QED) is 0.549. The smallest absolute Gasteiger partial charge is 1.00 e. The van der Waals surface area contributed by atoms with Crippen LogP contribution in [0.15, 0.2) is 55.1 Å². The van der Waals surface area contributed by atoms with Crippen LogP contribution in [0.5, 0.6) is 0 Å².